The fraction of sp³-hybridized carbons (Fsp3) is 0.471. The van der Waals surface area contributed by atoms with Gasteiger partial charge in [0.25, 0.3) is 0 Å². The van der Waals surface area contributed by atoms with Gasteiger partial charge in [0.1, 0.15) is 12.4 Å². The van der Waals surface area contributed by atoms with E-state index in [4.69, 9.17) is 14.7 Å². The SMILES string of the molecule is N#Cc1ccc(OCC(O)CSc2n[nH]c(=O)n2CC2CCCO2)cc1. The summed E-state index contributed by atoms with van der Waals surface area (Å²) in [6.07, 6.45) is 1.25. The van der Waals surface area contributed by atoms with Crippen LogP contribution in [-0.2, 0) is 11.3 Å². The van der Waals surface area contributed by atoms with Crippen molar-refractivity contribution in [3.05, 3.63) is 40.3 Å². The normalized spacial score (nSPS) is 17.8. The van der Waals surface area contributed by atoms with Gasteiger partial charge in [-0.25, -0.2) is 9.89 Å². The molecule has 0 aliphatic carbocycles. The number of thioether (sulfide) groups is 1. The molecule has 1 saturated heterocycles. The lowest BCUT2D eigenvalue weighted by atomic mass is 10.2. The van der Waals surface area contributed by atoms with Crippen molar-refractivity contribution in [1.29, 1.82) is 5.26 Å². The number of H-pyrrole nitrogens is 1. The molecule has 0 amide bonds. The predicted molar refractivity (Wildman–Crippen MR) is 95.2 cm³/mol. The Morgan fingerprint density at radius 3 is 3.00 bits per heavy atom. The topological polar surface area (TPSA) is 113 Å². The fourth-order valence-corrected chi connectivity index (χ4v) is 3.46. The van der Waals surface area contributed by atoms with Gasteiger partial charge in [-0.1, -0.05) is 11.8 Å². The van der Waals surface area contributed by atoms with Crippen LogP contribution in [0.15, 0.2) is 34.2 Å². The highest BCUT2D eigenvalue weighted by molar-refractivity contribution is 7.99. The van der Waals surface area contributed by atoms with Gasteiger partial charge in [-0.2, -0.15) is 5.26 Å². The zero-order valence-electron chi connectivity index (χ0n) is 14.1. The van der Waals surface area contributed by atoms with E-state index in [9.17, 15) is 9.90 Å². The van der Waals surface area contributed by atoms with Crippen molar-refractivity contribution in [2.75, 3.05) is 19.0 Å². The van der Waals surface area contributed by atoms with Gasteiger partial charge in [0.05, 0.1) is 30.4 Å². The number of aliphatic hydroxyl groups excluding tert-OH is 1. The Morgan fingerprint density at radius 2 is 2.31 bits per heavy atom. The molecule has 8 nitrogen and oxygen atoms in total. The molecule has 0 radical (unpaired) electrons. The second-order valence-corrected chi connectivity index (χ2v) is 6.96. The van der Waals surface area contributed by atoms with E-state index < -0.39 is 6.10 Å². The van der Waals surface area contributed by atoms with Crippen LogP contribution in [0.5, 0.6) is 5.75 Å². The zero-order chi connectivity index (χ0) is 18.4. The second kappa shape index (κ2) is 8.89. The van der Waals surface area contributed by atoms with Crippen molar-refractivity contribution >= 4 is 11.8 Å². The molecule has 1 aromatic carbocycles. The summed E-state index contributed by atoms with van der Waals surface area (Å²) < 4.78 is 12.6. The van der Waals surface area contributed by atoms with E-state index >= 15 is 0 Å². The molecule has 2 aromatic rings. The molecule has 2 atom stereocenters. The molecule has 2 N–H and O–H groups in total. The quantitative estimate of drug-likeness (QED) is 0.665. The maximum absolute atomic E-state index is 11.9. The van der Waals surface area contributed by atoms with Crippen LogP contribution in [0.3, 0.4) is 0 Å². The summed E-state index contributed by atoms with van der Waals surface area (Å²) in [7, 11) is 0. The van der Waals surface area contributed by atoms with Crippen LogP contribution in [0.1, 0.15) is 18.4 Å². The van der Waals surface area contributed by atoms with E-state index in [1.807, 2.05) is 6.07 Å². The summed E-state index contributed by atoms with van der Waals surface area (Å²) >= 11 is 1.29. The zero-order valence-corrected chi connectivity index (χ0v) is 14.9. The first-order valence-corrected chi connectivity index (χ1v) is 9.35. The number of aromatic nitrogens is 3. The number of aliphatic hydroxyl groups is 1. The average molecular weight is 376 g/mol. The lowest BCUT2D eigenvalue weighted by Crippen LogP contribution is -2.25. The highest BCUT2D eigenvalue weighted by Gasteiger charge is 2.20. The minimum atomic E-state index is -0.723. The van der Waals surface area contributed by atoms with Gasteiger partial charge < -0.3 is 14.6 Å². The van der Waals surface area contributed by atoms with E-state index in [2.05, 4.69) is 10.2 Å². The summed E-state index contributed by atoms with van der Waals surface area (Å²) in [4.78, 5) is 11.9. The molecule has 138 valence electrons. The summed E-state index contributed by atoms with van der Waals surface area (Å²) in [6.45, 7) is 1.31. The lowest BCUT2D eigenvalue weighted by Gasteiger charge is -2.13. The highest BCUT2D eigenvalue weighted by atomic mass is 32.2. The Bertz CT molecular complexity index is 805. The molecular weight excluding hydrogens is 356 g/mol. The van der Waals surface area contributed by atoms with Crippen molar-refractivity contribution in [1.82, 2.24) is 14.8 Å². The van der Waals surface area contributed by atoms with Crippen molar-refractivity contribution in [2.24, 2.45) is 0 Å². The van der Waals surface area contributed by atoms with Crippen LogP contribution in [0.4, 0.5) is 0 Å². The summed E-state index contributed by atoms with van der Waals surface area (Å²) in [6, 6.07) is 8.72. The Labute approximate surface area is 154 Å². The van der Waals surface area contributed by atoms with E-state index in [0.717, 1.165) is 19.4 Å². The minimum Gasteiger partial charge on any atom is -0.491 e. The molecule has 2 unspecified atom stereocenters. The third-order valence-corrected chi connectivity index (χ3v) is 5.09. The number of aromatic amines is 1. The molecule has 26 heavy (non-hydrogen) atoms. The first kappa shape index (κ1) is 18.5. The molecule has 2 heterocycles. The summed E-state index contributed by atoms with van der Waals surface area (Å²) in [5.41, 5.74) is 0.280. The second-order valence-electron chi connectivity index (χ2n) is 5.97. The van der Waals surface area contributed by atoms with Gasteiger partial charge >= 0.3 is 5.69 Å². The van der Waals surface area contributed by atoms with Crippen LogP contribution < -0.4 is 10.4 Å². The molecule has 1 aromatic heterocycles. The van der Waals surface area contributed by atoms with Gasteiger partial charge in [-0.3, -0.25) is 4.57 Å². The molecule has 1 aliphatic heterocycles. The molecule has 0 bridgehead atoms. The molecule has 9 heteroatoms. The van der Waals surface area contributed by atoms with Crippen molar-refractivity contribution in [3.63, 3.8) is 0 Å². The first-order valence-electron chi connectivity index (χ1n) is 8.36. The molecule has 0 spiro atoms. The third-order valence-electron chi connectivity index (χ3n) is 3.96. The van der Waals surface area contributed by atoms with E-state index in [1.54, 1.807) is 28.8 Å². The fourth-order valence-electron chi connectivity index (χ4n) is 2.60. The predicted octanol–water partition coefficient (Wildman–Crippen LogP) is 1.15. The molecule has 1 fully saturated rings. The molecular formula is C17H20N4O4S. The number of rotatable bonds is 8. The van der Waals surface area contributed by atoms with Gasteiger partial charge in [0, 0.05) is 12.4 Å². The van der Waals surface area contributed by atoms with Crippen LogP contribution in [-0.4, -0.2) is 51.0 Å². The van der Waals surface area contributed by atoms with E-state index in [0.29, 0.717) is 28.8 Å². The number of hydrogen-bond acceptors (Lipinski definition) is 7. The maximum atomic E-state index is 11.9. The van der Waals surface area contributed by atoms with E-state index in [-0.39, 0.29) is 18.4 Å². The summed E-state index contributed by atoms with van der Waals surface area (Å²) in [5, 5.41) is 25.9. The van der Waals surface area contributed by atoms with Crippen LogP contribution >= 0.6 is 11.8 Å². The minimum absolute atomic E-state index is 0.0364. The monoisotopic (exact) mass is 376 g/mol. The number of nitriles is 1. The third kappa shape index (κ3) is 4.88. The van der Waals surface area contributed by atoms with Crippen molar-refractivity contribution < 1.29 is 14.6 Å². The largest absolute Gasteiger partial charge is 0.491 e. The van der Waals surface area contributed by atoms with Gasteiger partial charge in [-0.05, 0) is 37.1 Å². The summed E-state index contributed by atoms with van der Waals surface area (Å²) in [5.74, 6) is 0.926. The van der Waals surface area contributed by atoms with Crippen LogP contribution in [0, 0.1) is 11.3 Å². The van der Waals surface area contributed by atoms with Crippen LogP contribution in [0.2, 0.25) is 0 Å². The maximum Gasteiger partial charge on any atom is 0.344 e. The van der Waals surface area contributed by atoms with Gasteiger partial charge in [-0.15, -0.1) is 5.10 Å². The Kier molecular flexibility index (Phi) is 6.33. The van der Waals surface area contributed by atoms with E-state index in [1.165, 1.54) is 11.8 Å². The number of benzene rings is 1. The first-order chi connectivity index (χ1) is 12.7. The number of nitrogens with one attached hydrogen (secondary N) is 1. The average Bonchev–Trinajstić information content (AvgIpc) is 3.30. The van der Waals surface area contributed by atoms with Gasteiger partial charge in [0.2, 0.25) is 0 Å². The highest BCUT2D eigenvalue weighted by Crippen LogP contribution is 2.19. The van der Waals surface area contributed by atoms with Gasteiger partial charge in [0.15, 0.2) is 5.16 Å². The number of ether oxygens (including phenoxy) is 2. The lowest BCUT2D eigenvalue weighted by molar-refractivity contribution is 0.0941. The van der Waals surface area contributed by atoms with Crippen molar-refractivity contribution in [2.45, 2.75) is 36.8 Å². The Morgan fingerprint density at radius 1 is 1.50 bits per heavy atom. The number of hydrogen-bond donors (Lipinski definition) is 2. The molecule has 3 rings (SSSR count). The van der Waals surface area contributed by atoms with Crippen molar-refractivity contribution in [3.8, 4) is 11.8 Å². The number of nitrogens with zero attached hydrogens (tertiary/aromatic N) is 3. The molecule has 1 aliphatic rings. The smallest absolute Gasteiger partial charge is 0.344 e. The Balaban J connectivity index is 1.48. The molecule has 0 saturated carbocycles. The standard InChI is InChI=1S/C17H20N4O4S/c18-8-12-3-5-14(6-4-12)25-10-13(22)11-26-17-20-19-16(23)21(17)9-15-2-1-7-24-15/h3-6,13,15,22H,1-2,7,9-11H2,(H,19,23). The van der Waals surface area contributed by atoms with Crippen LogP contribution in [0.25, 0.3) is 0 Å². The Hall–Kier alpha value is -2.28.